The third-order valence-corrected chi connectivity index (χ3v) is 10.1. The number of rotatable bonds is 14. The molecule has 4 aromatic carbocycles. The van der Waals surface area contributed by atoms with Gasteiger partial charge in [0.15, 0.2) is 0 Å². The summed E-state index contributed by atoms with van der Waals surface area (Å²) in [6.45, 7) is 9.68. The molecular formula is C38H45N3O4S. The van der Waals surface area contributed by atoms with Gasteiger partial charge < -0.3 is 10.2 Å². The third kappa shape index (κ3) is 8.63. The summed E-state index contributed by atoms with van der Waals surface area (Å²) >= 11 is 0. The standard InChI is InChI=1S/C38H45N3O4S/c1-6-30(5)39-38(43)36(25-31-16-9-7-10-17-31)40(26-33-18-14-13-15-29(33)4)37(42)27-41(34-23-21-32(22-24-34)28(2)3)46(44,45)35-19-11-8-12-20-35/h7-24,28,30,36H,6,25-27H2,1-5H3,(H,39,43)/t30-,36-/m1/s1. The molecule has 0 aromatic heterocycles. The number of carbonyl (C=O) groups excluding carboxylic acids is 2. The summed E-state index contributed by atoms with van der Waals surface area (Å²) in [5, 5.41) is 3.08. The van der Waals surface area contributed by atoms with Gasteiger partial charge in [0, 0.05) is 19.0 Å². The summed E-state index contributed by atoms with van der Waals surface area (Å²) in [5.74, 6) is -0.503. The summed E-state index contributed by atoms with van der Waals surface area (Å²) in [4.78, 5) is 30.2. The predicted molar refractivity (Wildman–Crippen MR) is 185 cm³/mol. The van der Waals surface area contributed by atoms with E-state index in [-0.39, 0.29) is 35.7 Å². The number of hydrogen-bond donors (Lipinski definition) is 1. The van der Waals surface area contributed by atoms with Crippen LogP contribution in [0.3, 0.4) is 0 Å². The van der Waals surface area contributed by atoms with Gasteiger partial charge in [-0.15, -0.1) is 0 Å². The maximum atomic E-state index is 14.6. The zero-order chi connectivity index (χ0) is 33.3. The van der Waals surface area contributed by atoms with Gasteiger partial charge in [-0.3, -0.25) is 13.9 Å². The quantitative estimate of drug-likeness (QED) is 0.163. The zero-order valence-corrected chi connectivity index (χ0v) is 28.2. The lowest BCUT2D eigenvalue weighted by atomic mass is 10.0. The molecule has 0 radical (unpaired) electrons. The van der Waals surface area contributed by atoms with E-state index in [2.05, 4.69) is 19.2 Å². The van der Waals surface area contributed by atoms with E-state index in [9.17, 15) is 18.0 Å². The topological polar surface area (TPSA) is 86.8 Å². The van der Waals surface area contributed by atoms with E-state index in [0.717, 1.165) is 33.0 Å². The number of nitrogens with one attached hydrogen (secondary N) is 1. The van der Waals surface area contributed by atoms with Gasteiger partial charge in [-0.05, 0) is 72.7 Å². The molecule has 0 aliphatic heterocycles. The first-order valence-corrected chi connectivity index (χ1v) is 17.3. The highest BCUT2D eigenvalue weighted by Crippen LogP contribution is 2.27. The van der Waals surface area contributed by atoms with Crippen molar-refractivity contribution in [1.82, 2.24) is 10.2 Å². The van der Waals surface area contributed by atoms with Gasteiger partial charge in [0.25, 0.3) is 10.0 Å². The lowest BCUT2D eigenvalue weighted by molar-refractivity contribution is -0.140. The lowest BCUT2D eigenvalue weighted by Crippen LogP contribution is -2.54. The molecule has 1 N–H and O–H groups in total. The zero-order valence-electron chi connectivity index (χ0n) is 27.4. The van der Waals surface area contributed by atoms with Crippen LogP contribution in [0, 0.1) is 6.92 Å². The first-order chi connectivity index (χ1) is 22.0. The molecule has 0 aliphatic carbocycles. The Morgan fingerprint density at radius 3 is 1.96 bits per heavy atom. The second-order valence-electron chi connectivity index (χ2n) is 12.0. The van der Waals surface area contributed by atoms with Gasteiger partial charge in [-0.1, -0.05) is 106 Å². The number of benzene rings is 4. The van der Waals surface area contributed by atoms with Crippen molar-refractivity contribution in [2.75, 3.05) is 10.8 Å². The van der Waals surface area contributed by atoms with Crippen LogP contribution in [0.15, 0.2) is 114 Å². The predicted octanol–water partition coefficient (Wildman–Crippen LogP) is 6.87. The average Bonchev–Trinajstić information content (AvgIpc) is 3.06. The summed E-state index contributed by atoms with van der Waals surface area (Å²) in [6.07, 6.45) is 1.00. The van der Waals surface area contributed by atoms with Crippen molar-refractivity contribution in [3.63, 3.8) is 0 Å². The molecule has 0 heterocycles. The molecule has 4 aromatic rings. The molecule has 0 saturated carbocycles. The number of carbonyl (C=O) groups is 2. The van der Waals surface area contributed by atoms with Crippen LogP contribution in [0.4, 0.5) is 5.69 Å². The molecule has 0 aliphatic rings. The van der Waals surface area contributed by atoms with Crippen molar-refractivity contribution < 1.29 is 18.0 Å². The molecule has 0 bridgehead atoms. The van der Waals surface area contributed by atoms with Crippen LogP contribution in [0.2, 0.25) is 0 Å². The van der Waals surface area contributed by atoms with E-state index in [1.165, 1.54) is 12.1 Å². The second-order valence-corrected chi connectivity index (χ2v) is 13.9. The van der Waals surface area contributed by atoms with E-state index >= 15 is 0 Å². The molecule has 7 nitrogen and oxygen atoms in total. The number of sulfonamides is 1. The summed E-state index contributed by atoms with van der Waals surface area (Å²) < 4.78 is 29.5. The molecule has 2 atom stereocenters. The normalized spacial score (nSPS) is 12.7. The van der Waals surface area contributed by atoms with Crippen molar-refractivity contribution in [2.45, 2.75) is 76.9 Å². The van der Waals surface area contributed by atoms with Crippen molar-refractivity contribution in [1.29, 1.82) is 0 Å². The van der Waals surface area contributed by atoms with Crippen molar-refractivity contribution in [3.8, 4) is 0 Å². The Balaban J connectivity index is 1.82. The molecule has 0 fully saturated rings. The Hall–Kier alpha value is -4.43. The van der Waals surface area contributed by atoms with E-state index in [0.29, 0.717) is 5.69 Å². The maximum absolute atomic E-state index is 14.6. The fourth-order valence-electron chi connectivity index (χ4n) is 5.24. The van der Waals surface area contributed by atoms with Crippen LogP contribution in [-0.2, 0) is 32.6 Å². The van der Waals surface area contributed by atoms with Crippen LogP contribution in [0.1, 0.15) is 62.3 Å². The van der Waals surface area contributed by atoms with Gasteiger partial charge in [-0.2, -0.15) is 0 Å². The van der Waals surface area contributed by atoms with Gasteiger partial charge >= 0.3 is 0 Å². The summed E-state index contributed by atoms with van der Waals surface area (Å²) in [6, 6.07) is 31.7. The molecule has 0 saturated heterocycles. The molecular weight excluding hydrogens is 595 g/mol. The molecule has 242 valence electrons. The summed E-state index contributed by atoms with van der Waals surface area (Å²) in [5.41, 5.74) is 4.18. The van der Waals surface area contributed by atoms with Crippen LogP contribution in [0.5, 0.6) is 0 Å². The fourth-order valence-corrected chi connectivity index (χ4v) is 6.68. The number of hydrogen-bond acceptors (Lipinski definition) is 4. The Labute approximate surface area is 274 Å². The third-order valence-electron chi connectivity index (χ3n) is 8.33. The van der Waals surface area contributed by atoms with Gasteiger partial charge in [0.1, 0.15) is 12.6 Å². The molecule has 4 rings (SSSR count). The Bertz CT molecular complexity index is 1690. The second kappa shape index (κ2) is 15.7. The monoisotopic (exact) mass is 639 g/mol. The maximum Gasteiger partial charge on any atom is 0.264 e. The number of aryl methyl sites for hydroxylation is 1. The Morgan fingerprint density at radius 2 is 1.37 bits per heavy atom. The first kappa shape index (κ1) is 34.4. The minimum Gasteiger partial charge on any atom is -0.352 e. The van der Waals surface area contributed by atoms with Crippen molar-refractivity contribution in [2.24, 2.45) is 0 Å². The van der Waals surface area contributed by atoms with Crippen LogP contribution in [0.25, 0.3) is 0 Å². The van der Waals surface area contributed by atoms with E-state index in [1.807, 2.05) is 87.5 Å². The molecule has 2 amide bonds. The smallest absolute Gasteiger partial charge is 0.264 e. The Kier molecular flexibility index (Phi) is 11.8. The lowest BCUT2D eigenvalue weighted by Gasteiger charge is -2.34. The van der Waals surface area contributed by atoms with E-state index < -0.39 is 28.5 Å². The minimum absolute atomic E-state index is 0.0801. The SMILES string of the molecule is CC[C@@H](C)NC(=O)[C@@H](Cc1ccccc1)N(Cc1ccccc1C)C(=O)CN(c1ccc(C(C)C)cc1)S(=O)(=O)c1ccccc1. The molecule has 0 unspecified atom stereocenters. The van der Waals surface area contributed by atoms with Crippen LogP contribution >= 0.6 is 0 Å². The van der Waals surface area contributed by atoms with E-state index in [1.54, 1.807) is 35.2 Å². The highest BCUT2D eigenvalue weighted by molar-refractivity contribution is 7.92. The number of amides is 2. The highest BCUT2D eigenvalue weighted by Gasteiger charge is 2.35. The van der Waals surface area contributed by atoms with E-state index in [4.69, 9.17) is 0 Å². The number of anilines is 1. The highest BCUT2D eigenvalue weighted by atomic mass is 32.2. The van der Waals surface area contributed by atoms with Gasteiger partial charge in [-0.25, -0.2) is 8.42 Å². The molecule has 46 heavy (non-hydrogen) atoms. The minimum atomic E-state index is -4.14. The van der Waals surface area contributed by atoms with Crippen molar-refractivity contribution in [3.05, 3.63) is 131 Å². The summed E-state index contributed by atoms with van der Waals surface area (Å²) in [7, 11) is -4.14. The average molecular weight is 640 g/mol. The Morgan fingerprint density at radius 1 is 0.783 bits per heavy atom. The van der Waals surface area contributed by atoms with Gasteiger partial charge in [0.2, 0.25) is 11.8 Å². The molecule has 8 heteroatoms. The van der Waals surface area contributed by atoms with Crippen molar-refractivity contribution >= 4 is 27.5 Å². The molecule has 0 spiro atoms. The van der Waals surface area contributed by atoms with Crippen LogP contribution < -0.4 is 9.62 Å². The van der Waals surface area contributed by atoms with Crippen LogP contribution in [-0.4, -0.2) is 43.8 Å². The number of nitrogens with zero attached hydrogens (tertiary/aromatic N) is 2. The largest absolute Gasteiger partial charge is 0.352 e. The van der Waals surface area contributed by atoms with Gasteiger partial charge in [0.05, 0.1) is 10.6 Å². The first-order valence-electron chi connectivity index (χ1n) is 15.9. The fraction of sp³-hybridized carbons (Fsp3) is 0.316.